The maximum Gasteiger partial charge on any atom is 0.207 e. The zero-order chi connectivity index (χ0) is 14.2. The number of aromatic nitrogens is 2. The monoisotopic (exact) mass is 273 g/mol. The van der Waals surface area contributed by atoms with E-state index in [1.54, 1.807) is 6.20 Å². The van der Waals surface area contributed by atoms with Gasteiger partial charge in [-0.2, -0.15) is 0 Å². The molecule has 0 aliphatic heterocycles. The van der Waals surface area contributed by atoms with E-state index in [-0.39, 0.29) is 0 Å². The molecule has 0 aliphatic carbocycles. The van der Waals surface area contributed by atoms with Crippen LogP contribution < -0.4 is 5.32 Å². The number of ether oxygens (including phenoxy) is 1. The fourth-order valence-corrected chi connectivity index (χ4v) is 1.89. The van der Waals surface area contributed by atoms with E-state index in [1.807, 2.05) is 29.0 Å². The predicted molar refractivity (Wildman–Crippen MR) is 82.3 cm³/mol. The molecule has 4 heteroatoms. The maximum absolute atomic E-state index is 5.59. The minimum atomic E-state index is 0.694. The van der Waals surface area contributed by atoms with Gasteiger partial charge in [0.15, 0.2) is 0 Å². The van der Waals surface area contributed by atoms with E-state index in [4.69, 9.17) is 4.74 Å². The molecule has 0 aliphatic rings. The first-order chi connectivity index (χ1) is 9.77. The summed E-state index contributed by atoms with van der Waals surface area (Å²) in [7, 11) is 0. The van der Waals surface area contributed by atoms with Crippen LogP contribution in [0.4, 0.5) is 5.95 Å². The van der Waals surface area contributed by atoms with Crippen LogP contribution in [0, 0.1) is 5.92 Å². The van der Waals surface area contributed by atoms with Gasteiger partial charge < -0.3 is 10.1 Å². The lowest BCUT2D eigenvalue weighted by Gasteiger charge is -2.10. The molecule has 1 N–H and O–H groups in total. The quantitative estimate of drug-likeness (QED) is 0.750. The van der Waals surface area contributed by atoms with Gasteiger partial charge in [-0.3, -0.25) is 4.57 Å². The van der Waals surface area contributed by atoms with Crippen LogP contribution in [0.25, 0.3) is 5.69 Å². The van der Waals surface area contributed by atoms with E-state index in [1.165, 1.54) is 0 Å². The van der Waals surface area contributed by atoms with Crippen LogP contribution in [0.5, 0.6) is 0 Å². The molecule has 0 spiro atoms. The summed E-state index contributed by atoms with van der Waals surface area (Å²) in [5.74, 6) is 1.54. The summed E-state index contributed by atoms with van der Waals surface area (Å²) in [6, 6.07) is 10.2. The van der Waals surface area contributed by atoms with Gasteiger partial charge in [-0.25, -0.2) is 4.98 Å². The number of benzene rings is 1. The molecule has 0 unspecified atom stereocenters. The highest BCUT2D eigenvalue weighted by molar-refractivity contribution is 5.41. The van der Waals surface area contributed by atoms with Gasteiger partial charge in [-0.15, -0.1) is 0 Å². The number of para-hydroxylation sites is 1. The van der Waals surface area contributed by atoms with Crippen molar-refractivity contribution < 1.29 is 4.74 Å². The summed E-state index contributed by atoms with van der Waals surface area (Å²) in [5, 5.41) is 3.31. The van der Waals surface area contributed by atoms with E-state index in [0.717, 1.165) is 31.2 Å². The Balaban J connectivity index is 1.78. The molecule has 0 saturated heterocycles. The fraction of sp³-hybridized carbons (Fsp3) is 0.438. The van der Waals surface area contributed by atoms with E-state index < -0.39 is 0 Å². The van der Waals surface area contributed by atoms with E-state index in [9.17, 15) is 0 Å². The van der Waals surface area contributed by atoms with E-state index >= 15 is 0 Å². The lowest BCUT2D eigenvalue weighted by Crippen LogP contribution is -2.13. The Bertz CT molecular complexity index is 493. The summed E-state index contributed by atoms with van der Waals surface area (Å²) < 4.78 is 7.62. The Kier molecular flexibility index (Phi) is 5.62. The standard InChI is InChI=1S/C16H23N3O/c1-14(2)8-12-20-13-10-18-16-17-9-11-19(16)15-6-4-3-5-7-15/h3-7,9,11,14H,8,10,12-13H2,1-2H3,(H,17,18). The van der Waals surface area contributed by atoms with Crippen molar-refractivity contribution >= 4 is 5.95 Å². The molecule has 0 saturated carbocycles. The molecule has 2 aromatic rings. The molecular weight excluding hydrogens is 250 g/mol. The number of hydrogen-bond donors (Lipinski definition) is 1. The first-order valence-corrected chi connectivity index (χ1v) is 7.18. The highest BCUT2D eigenvalue weighted by atomic mass is 16.5. The van der Waals surface area contributed by atoms with Crippen LogP contribution in [0.3, 0.4) is 0 Å². The molecule has 1 heterocycles. The summed E-state index contributed by atoms with van der Waals surface area (Å²) >= 11 is 0. The van der Waals surface area contributed by atoms with Crippen LogP contribution in [-0.4, -0.2) is 29.3 Å². The summed E-state index contributed by atoms with van der Waals surface area (Å²) in [5.41, 5.74) is 1.10. The van der Waals surface area contributed by atoms with Crippen molar-refractivity contribution in [1.29, 1.82) is 0 Å². The van der Waals surface area contributed by atoms with Gasteiger partial charge in [0.2, 0.25) is 5.95 Å². The fourth-order valence-electron chi connectivity index (χ4n) is 1.89. The van der Waals surface area contributed by atoms with Crippen molar-refractivity contribution in [3.8, 4) is 5.69 Å². The maximum atomic E-state index is 5.59. The van der Waals surface area contributed by atoms with Crippen molar-refractivity contribution in [2.45, 2.75) is 20.3 Å². The molecule has 1 aromatic carbocycles. The van der Waals surface area contributed by atoms with Gasteiger partial charge >= 0.3 is 0 Å². The van der Waals surface area contributed by atoms with Gasteiger partial charge in [-0.1, -0.05) is 32.0 Å². The Hall–Kier alpha value is -1.81. The van der Waals surface area contributed by atoms with Crippen LogP contribution in [0.1, 0.15) is 20.3 Å². The summed E-state index contributed by atoms with van der Waals surface area (Å²) in [6.45, 7) is 6.71. The minimum absolute atomic E-state index is 0.694. The SMILES string of the molecule is CC(C)CCOCCNc1nccn1-c1ccccc1. The molecule has 0 bridgehead atoms. The zero-order valence-corrected chi connectivity index (χ0v) is 12.2. The van der Waals surface area contributed by atoms with Crippen molar-refractivity contribution in [3.63, 3.8) is 0 Å². The van der Waals surface area contributed by atoms with Crippen LogP contribution in [0.15, 0.2) is 42.7 Å². The van der Waals surface area contributed by atoms with Crippen molar-refractivity contribution in [3.05, 3.63) is 42.7 Å². The molecule has 0 atom stereocenters. The van der Waals surface area contributed by atoms with Crippen LogP contribution in [-0.2, 0) is 4.74 Å². The average Bonchev–Trinajstić information content (AvgIpc) is 2.92. The second kappa shape index (κ2) is 7.70. The highest BCUT2D eigenvalue weighted by Crippen LogP contribution is 2.13. The van der Waals surface area contributed by atoms with Crippen LogP contribution in [0.2, 0.25) is 0 Å². The molecule has 0 radical (unpaired) electrons. The molecule has 1 aromatic heterocycles. The lowest BCUT2D eigenvalue weighted by molar-refractivity contribution is 0.132. The summed E-state index contributed by atoms with van der Waals surface area (Å²) in [4.78, 5) is 4.33. The number of imidazole rings is 1. The second-order valence-corrected chi connectivity index (χ2v) is 5.18. The van der Waals surface area contributed by atoms with Gasteiger partial charge in [0.05, 0.1) is 6.61 Å². The molecule has 0 amide bonds. The number of anilines is 1. The molecule has 0 fully saturated rings. The average molecular weight is 273 g/mol. The minimum Gasteiger partial charge on any atom is -0.380 e. The third kappa shape index (κ3) is 4.38. The Labute approximate surface area is 120 Å². The Morgan fingerprint density at radius 3 is 2.75 bits per heavy atom. The van der Waals surface area contributed by atoms with Crippen molar-refractivity contribution in [2.24, 2.45) is 5.92 Å². The van der Waals surface area contributed by atoms with E-state index in [2.05, 4.69) is 36.3 Å². The zero-order valence-electron chi connectivity index (χ0n) is 12.2. The molecular formula is C16H23N3O. The predicted octanol–water partition coefficient (Wildman–Crippen LogP) is 3.35. The third-order valence-electron chi connectivity index (χ3n) is 3.04. The topological polar surface area (TPSA) is 39.1 Å². The van der Waals surface area contributed by atoms with E-state index in [0.29, 0.717) is 12.5 Å². The molecule has 108 valence electrons. The van der Waals surface area contributed by atoms with Crippen molar-refractivity contribution in [1.82, 2.24) is 9.55 Å². The smallest absolute Gasteiger partial charge is 0.207 e. The molecule has 4 nitrogen and oxygen atoms in total. The van der Waals surface area contributed by atoms with Gasteiger partial charge in [-0.05, 0) is 24.5 Å². The normalized spacial score (nSPS) is 10.9. The largest absolute Gasteiger partial charge is 0.380 e. The van der Waals surface area contributed by atoms with Gasteiger partial charge in [0, 0.05) is 31.2 Å². The first kappa shape index (κ1) is 14.6. The Morgan fingerprint density at radius 1 is 1.20 bits per heavy atom. The van der Waals surface area contributed by atoms with Gasteiger partial charge in [0.25, 0.3) is 0 Å². The molecule has 20 heavy (non-hydrogen) atoms. The number of rotatable bonds is 8. The van der Waals surface area contributed by atoms with Crippen molar-refractivity contribution in [2.75, 3.05) is 25.1 Å². The summed E-state index contributed by atoms with van der Waals surface area (Å²) in [6.07, 6.45) is 4.87. The Morgan fingerprint density at radius 2 is 2.00 bits per heavy atom. The lowest BCUT2D eigenvalue weighted by atomic mass is 10.1. The van der Waals surface area contributed by atoms with Gasteiger partial charge in [0.1, 0.15) is 0 Å². The molecule has 2 rings (SSSR count). The first-order valence-electron chi connectivity index (χ1n) is 7.18. The number of nitrogens with one attached hydrogen (secondary N) is 1. The highest BCUT2D eigenvalue weighted by Gasteiger charge is 2.03. The second-order valence-electron chi connectivity index (χ2n) is 5.18. The number of nitrogens with zero attached hydrogens (tertiary/aromatic N) is 2. The van der Waals surface area contributed by atoms with Crippen LogP contribution >= 0.6 is 0 Å². The number of hydrogen-bond acceptors (Lipinski definition) is 3. The third-order valence-corrected chi connectivity index (χ3v) is 3.04.